The number of ether oxygens (including phenoxy) is 1. The summed E-state index contributed by atoms with van der Waals surface area (Å²) >= 11 is 5.39. The summed E-state index contributed by atoms with van der Waals surface area (Å²) in [6.45, 7) is 5.95. The van der Waals surface area contributed by atoms with Crippen LogP contribution in [0.5, 0.6) is 5.75 Å². The number of allylic oxidation sites excluding steroid dienone is 2. The Kier molecular flexibility index (Phi) is 6.10. The van der Waals surface area contributed by atoms with Crippen LogP contribution < -0.4 is 4.74 Å². The summed E-state index contributed by atoms with van der Waals surface area (Å²) < 4.78 is 5.34. The van der Waals surface area contributed by atoms with Crippen molar-refractivity contribution in [3.8, 4) is 5.75 Å². The molecule has 0 aliphatic carbocycles. The van der Waals surface area contributed by atoms with Crippen LogP contribution in [-0.2, 0) is 4.79 Å². The van der Waals surface area contributed by atoms with Crippen molar-refractivity contribution >= 4 is 16.8 Å². The molecule has 0 saturated heterocycles. The molecule has 0 aliphatic rings. The topological polar surface area (TPSA) is 26.3 Å². The zero-order chi connectivity index (χ0) is 14.4. The van der Waals surface area contributed by atoms with Crippen LogP contribution in [0.3, 0.4) is 0 Å². The Hall–Kier alpha value is -1.28. The highest BCUT2D eigenvalue weighted by molar-refractivity contribution is 6.67. The predicted molar refractivity (Wildman–Crippen MR) is 80.0 cm³/mol. The average Bonchev–Trinajstić information content (AvgIpc) is 2.38. The highest BCUT2D eigenvalue weighted by Crippen LogP contribution is 2.27. The Morgan fingerprint density at radius 1 is 1.47 bits per heavy atom. The van der Waals surface area contributed by atoms with Crippen LogP contribution in [0.15, 0.2) is 29.8 Å². The number of aryl methyl sites for hydroxylation is 1. The Bertz CT molecular complexity index is 478. The van der Waals surface area contributed by atoms with Crippen molar-refractivity contribution in [3.63, 3.8) is 0 Å². The molecule has 19 heavy (non-hydrogen) atoms. The van der Waals surface area contributed by atoms with Crippen LogP contribution in [0, 0.1) is 6.92 Å². The molecule has 1 aromatic rings. The first-order valence-corrected chi connectivity index (χ1v) is 6.84. The molecule has 0 amide bonds. The quantitative estimate of drug-likeness (QED) is 0.562. The number of benzene rings is 1. The van der Waals surface area contributed by atoms with E-state index in [9.17, 15) is 4.79 Å². The lowest BCUT2D eigenvalue weighted by Gasteiger charge is -2.13. The second-order valence-corrected chi connectivity index (χ2v) is 5.21. The van der Waals surface area contributed by atoms with Crippen LogP contribution in [0.25, 0.3) is 0 Å². The molecule has 0 spiro atoms. The molecule has 3 heteroatoms. The summed E-state index contributed by atoms with van der Waals surface area (Å²) in [7, 11) is 1.69. The molecule has 0 heterocycles. The van der Waals surface area contributed by atoms with Crippen molar-refractivity contribution in [2.24, 2.45) is 0 Å². The van der Waals surface area contributed by atoms with Gasteiger partial charge in [0.05, 0.1) is 7.11 Å². The SMILES string of the molecule is COc1cc([C@H](C)CC/C=C(/C)C(=O)Cl)ccc1C. The summed E-state index contributed by atoms with van der Waals surface area (Å²) in [5.41, 5.74) is 3.02. The van der Waals surface area contributed by atoms with Crippen molar-refractivity contribution in [2.75, 3.05) is 7.11 Å². The van der Waals surface area contributed by atoms with Crippen LogP contribution in [-0.4, -0.2) is 12.4 Å². The van der Waals surface area contributed by atoms with Crippen LogP contribution in [0.2, 0.25) is 0 Å². The Labute approximate surface area is 120 Å². The predicted octanol–water partition coefficient (Wildman–Crippen LogP) is 4.60. The minimum atomic E-state index is -0.371. The summed E-state index contributed by atoms with van der Waals surface area (Å²) in [5, 5.41) is -0.371. The fourth-order valence-electron chi connectivity index (χ4n) is 1.94. The van der Waals surface area contributed by atoms with Gasteiger partial charge in [-0.25, -0.2) is 0 Å². The largest absolute Gasteiger partial charge is 0.496 e. The van der Waals surface area contributed by atoms with Gasteiger partial charge >= 0.3 is 0 Å². The van der Waals surface area contributed by atoms with E-state index in [0.717, 1.165) is 24.2 Å². The van der Waals surface area contributed by atoms with Crippen molar-refractivity contribution in [3.05, 3.63) is 41.0 Å². The summed E-state index contributed by atoms with van der Waals surface area (Å²) in [6, 6.07) is 6.29. The maximum absolute atomic E-state index is 10.9. The second-order valence-electron chi connectivity index (χ2n) is 4.87. The summed E-state index contributed by atoms with van der Waals surface area (Å²) in [6.07, 6.45) is 3.73. The average molecular weight is 281 g/mol. The maximum Gasteiger partial charge on any atom is 0.247 e. The highest BCUT2D eigenvalue weighted by Gasteiger charge is 2.08. The van der Waals surface area contributed by atoms with Crippen molar-refractivity contribution < 1.29 is 9.53 Å². The Balaban J connectivity index is 2.66. The molecule has 0 aliphatic heterocycles. The lowest BCUT2D eigenvalue weighted by molar-refractivity contribution is -0.108. The first kappa shape index (κ1) is 15.8. The van der Waals surface area contributed by atoms with E-state index >= 15 is 0 Å². The summed E-state index contributed by atoms with van der Waals surface area (Å²) in [4.78, 5) is 10.9. The Morgan fingerprint density at radius 3 is 2.74 bits per heavy atom. The van der Waals surface area contributed by atoms with Gasteiger partial charge in [0.1, 0.15) is 5.75 Å². The number of carbonyl (C=O) groups excluding carboxylic acids is 1. The Morgan fingerprint density at radius 2 is 2.16 bits per heavy atom. The number of halogens is 1. The number of hydrogen-bond acceptors (Lipinski definition) is 2. The monoisotopic (exact) mass is 280 g/mol. The van der Waals surface area contributed by atoms with E-state index in [2.05, 4.69) is 25.1 Å². The molecule has 2 nitrogen and oxygen atoms in total. The molecule has 1 atom stereocenters. The van der Waals surface area contributed by atoms with Crippen LogP contribution in [0.4, 0.5) is 0 Å². The lowest BCUT2D eigenvalue weighted by atomic mass is 9.94. The molecule has 0 N–H and O–H groups in total. The fraction of sp³-hybridized carbons (Fsp3) is 0.438. The zero-order valence-corrected chi connectivity index (χ0v) is 12.8. The minimum absolute atomic E-state index is 0.371. The molecule has 0 radical (unpaired) electrons. The first-order chi connectivity index (χ1) is 8.95. The molecule has 0 fully saturated rings. The number of hydrogen-bond donors (Lipinski definition) is 0. The van der Waals surface area contributed by atoms with Gasteiger partial charge in [0, 0.05) is 5.57 Å². The molecule has 0 saturated carbocycles. The van der Waals surface area contributed by atoms with E-state index in [4.69, 9.17) is 16.3 Å². The van der Waals surface area contributed by atoms with E-state index in [1.165, 1.54) is 5.56 Å². The van der Waals surface area contributed by atoms with Crippen LogP contribution in [0.1, 0.15) is 43.7 Å². The summed E-state index contributed by atoms with van der Waals surface area (Å²) in [5.74, 6) is 1.34. The van der Waals surface area contributed by atoms with Gasteiger partial charge in [-0.15, -0.1) is 0 Å². The van der Waals surface area contributed by atoms with Crippen molar-refractivity contribution in [1.82, 2.24) is 0 Å². The van der Waals surface area contributed by atoms with E-state index in [1.807, 2.05) is 13.0 Å². The van der Waals surface area contributed by atoms with E-state index in [0.29, 0.717) is 11.5 Å². The number of methoxy groups -OCH3 is 1. The molecule has 1 aromatic carbocycles. The standard InChI is InChI=1S/C16H21ClO2/c1-11(6-5-7-13(3)16(17)18)14-9-8-12(2)15(10-14)19-4/h7-11H,5-6H2,1-4H3/b13-7-/t11-/m1/s1. The van der Waals surface area contributed by atoms with Gasteiger partial charge in [0.25, 0.3) is 0 Å². The van der Waals surface area contributed by atoms with Gasteiger partial charge in [-0.3, -0.25) is 4.79 Å². The molecule has 1 rings (SSSR count). The second kappa shape index (κ2) is 7.34. The normalized spacial score (nSPS) is 13.2. The van der Waals surface area contributed by atoms with Gasteiger partial charge in [-0.05, 0) is 61.4 Å². The van der Waals surface area contributed by atoms with Gasteiger partial charge in [0.15, 0.2) is 0 Å². The lowest BCUT2D eigenvalue weighted by Crippen LogP contribution is -1.96. The van der Waals surface area contributed by atoms with E-state index < -0.39 is 0 Å². The third-order valence-corrected chi connectivity index (χ3v) is 3.66. The maximum atomic E-state index is 10.9. The number of rotatable bonds is 6. The van der Waals surface area contributed by atoms with Crippen LogP contribution >= 0.6 is 11.6 Å². The van der Waals surface area contributed by atoms with Gasteiger partial charge < -0.3 is 4.74 Å². The van der Waals surface area contributed by atoms with Gasteiger partial charge in [-0.1, -0.05) is 25.1 Å². The van der Waals surface area contributed by atoms with Gasteiger partial charge in [0.2, 0.25) is 5.24 Å². The molecular weight excluding hydrogens is 260 g/mol. The van der Waals surface area contributed by atoms with Crippen molar-refractivity contribution in [2.45, 2.75) is 39.5 Å². The van der Waals surface area contributed by atoms with E-state index in [1.54, 1.807) is 14.0 Å². The molecule has 104 valence electrons. The minimum Gasteiger partial charge on any atom is -0.496 e. The van der Waals surface area contributed by atoms with Crippen molar-refractivity contribution in [1.29, 1.82) is 0 Å². The zero-order valence-electron chi connectivity index (χ0n) is 12.0. The van der Waals surface area contributed by atoms with E-state index in [-0.39, 0.29) is 5.24 Å². The first-order valence-electron chi connectivity index (χ1n) is 6.46. The number of carbonyl (C=O) groups is 1. The molecule has 0 unspecified atom stereocenters. The molecule has 0 bridgehead atoms. The fourth-order valence-corrected chi connectivity index (χ4v) is 2.02. The third kappa shape index (κ3) is 4.71. The molecular formula is C16H21ClO2. The third-order valence-electron chi connectivity index (χ3n) is 3.36. The van der Waals surface area contributed by atoms with Gasteiger partial charge in [-0.2, -0.15) is 0 Å². The smallest absolute Gasteiger partial charge is 0.247 e. The molecule has 0 aromatic heterocycles. The highest BCUT2D eigenvalue weighted by atomic mass is 35.5.